The van der Waals surface area contributed by atoms with E-state index in [0.717, 1.165) is 19.4 Å². The van der Waals surface area contributed by atoms with Crippen molar-refractivity contribution in [3.05, 3.63) is 0 Å². The van der Waals surface area contributed by atoms with E-state index in [1.807, 2.05) is 0 Å². The van der Waals surface area contributed by atoms with Crippen molar-refractivity contribution in [1.29, 1.82) is 0 Å². The Morgan fingerprint density at radius 2 is 0.825 bits per heavy atom. The summed E-state index contributed by atoms with van der Waals surface area (Å²) in [6, 6.07) is 0. The van der Waals surface area contributed by atoms with Crippen molar-refractivity contribution >= 4 is 0 Å². The molecule has 1 rings (SSSR count). The molecular weight excluding hydrogens is 494 g/mol. The van der Waals surface area contributed by atoms with E-state index < -0.39 is 5.54 Å². The summed E-state index contributed by atoms with van der Waals surface area (Å²) in [6.45, 7) is 5.94. The first-order valence-corrected chi connectivity index (χ1v) is 18.3. The van der Waals surface area contributed by atoms with Crippen molar-refractivity contribution in [2.75, 3.05) is 26.4 Å². The van der Waals surface area contributed by atoms with E-state index >= 15 is 0 Å². The zero-order valence-electron chi connectivity index (χ0n) is 27.5. The second-order valence-corrected chi connectivity index (χ2v) is 13.1. The van der Waals surface area contributed by atoms with Crippen LogP contribution in [0.3, 0.4) is 0 Å². The van der Waals surface area contributed by atoms with Crippen LogP contribution in [0.2, 0.25) is 0 Å². The summed E-state index contributed by atoms with van der Waals surface area (Å²) in [4.78, 5) is 2.31. The minimum atomic E-state index is -0.586. The predicted molar refractivity (Wildman–Crippen MR) is 174 cm³/mol. The molecule has 1 saturated heterocycles. The molecule has 1 aliphatic heterocycles. The monoisotopic (exact) mass is 568 g/mol. The van der Waals surface area contributed by atoms with Crippen LogP contribution in [0.25, 0.3) is 0 Å². The third-order valence-electron chi connectivity index (χ3n) is 9.40. The van der Waals surface area contributed by atoms with Crippen molar-refractivity contribution < 1.29 is 14.9 Å². The van der Waals surface area contributed by atoms with E-state index in [4.69, 9.17) is 4.74 Å². The summed E-state index contributed by atoms with van der Waals surface area (Å²) in [5, 5.41) is 20.2. The van der Waals surface area contributed by atoms with Crippen molar-refractivity contribution in [3.63, 3.8) is 0 Å². The maximum Gasteiger partial charge on any atom is 0.111 e. The first-order chi connectivity index (χ1) is 19.7. The van der Waals surface area contributed by atoms with E-state index in [2.05, 4.69) is 18.7 Å². The average Bonchev–Trinajstić information content (AvgIpc) is 3.33. The first-order valence-electron chi connectivity index (χ1n) is 18.3. The molecule has 4 nitrogen and oxygen atoms in total. The molecule has 0 aliphatic carbocycles. The fraction of sp³-hybridized carbons (Fsp3) is 1.00. The van der Waals surface area contributed by atoms with Gasteiger partial charge in [0.1, 0.15) is 6.23 Å². The Morgan fingerprint density at radius 1 is 0.500 bits per heavy atom. The maximum absolute atomic E-state index is 10.1. The van der Waals surface area contributed by atoms with Crippen LogP contribution in [-0.2, 0) is 4.74 Å². The number of unbranched alkanes of at least 4 members (excludes halogenated alkanes) is 25. The smallest absolute Gasteiger partial charge is 0.111 e. The van der Waals surface area contributed by atoms with Crippen LogP contribution in [0, 0.1) is 0 Å². The fourth-order valence-electron chi connectivity index (χ4n) is 6.49. The molecule has 0 aromatic carbocycles. The van der Waals surface area contributed by atoms with Gasteiger partial charge < -0.3 is 14.9 Å². The van der Waals surface area contributed by atoms with Gasteiger partial charge in [-0.25, -0.2) is 0 Å². The van der Waals surface area contributed by atoms with Crippen LogP contribution < -0.4 is 0 Å². The molecule has 1 atom stereocenters. The average molecular weight is 568 g/mol. The number of hydrogen-bond acceptors (Lipinski definition) is 4. The number of hydrogen-bond donors (Lipinski definition) is 2. The second-order valence-electron chi connectivity index (χ2n) is 13.1. The molecule has 0 radical (unpaired) electrons. The lowest BCUT2D eigenvalue weighted by molar-refractivity contribution is -0.0160. The highest BCUT2D eigenvalue weighted by molar-refractivity contribution is 4.96. The molecule has 0 bridgehead atoms. The highest BCUT2D eigenvalue weighted by Gasteiger charge is 2.46. The Balaban J connectivity index is 2.08. The molecule has 240 valence electrons. The molecule has 0 aromatic heterocycles. The molecule has 2 N–H and O–H groups in total. The molecule has 4 heteroatoms. The lowest BCUT2D eigenvalue weighted by atomic mass is 9.99. The molecule has 1 aliphatic rings. The van der Waals surface area contributed by atoms with Crippen molar-refractivity contribution in [2.24, 2.45) is 0 Å². The van der Waals surface area contributed by atoms with Gasteiger partial charge in [-0.1, -0.05) is 174 Å². The number of nitrogens with zero attached hydrogens (tertiary/aromatic N) is 1. The van der Waals surface area contributed by atoms with Gasteiger partial charge in [-0.15, -0.1) is 0 Å². The minimum Gasteiger partial charge on any atom is -0.394 e. The largest absolute Gasteiger partial charge is 0.394 e. The molecule has 0 aromatic rings. The number of aliphatic hydroxyl groups excluding tert-OH is 2. The summed E-state index contributed by atoms with van der Waals surface area (Å²) in [5.74, 6) is 0. The van der Waals surface area contributed by atoms with Crippen molar-refractivity contribution in [3.8, 4) is 0 Å². The Hall–Kier alpha value is -0.160. The van der Waals surface area contributed by atoms with E-state index in [1.54, 1.807) is 0 Å². The topological polar surface area (TPSA) is 52.9 Å². The van der Waals surface area contributed by atoms with Gasteiger partial charge in [0.05, 0.1) is 25.4 Å². The quantitative estimate of drug-likeness (QED) is 0.0818. The molecule has 1 heterocycles. The summed E-state index contributed by atoms with van der Waals surface area (Å²) in [6.07, 6.45) is 38.0. The van der Waals surface area contributed by atoms with Crippen LogP contribution in [0.15, 0.2) is 0 Å². The normalized spacial score (nSPS) is 17.2. The Bertz CT molecular complexity index is 510. The van der Waals surface area contributed by atoms with E-state index in [-0.39, 0.29) is 19.4 Å². The van der Waals surface area contributed by atoms with Gasteiger partial charge in [-0.05, 0) is 19.3 Å². The first kappa shape index (κ1) is 37.9. The van der Waals surface area contributed by atoms with Gasteiger partial charge in [-0.2, -0.15) is 0 Å². The maximum atomic E-state index is 10.1. The SMILES string of the molecule is CCCCCCCCCCCCCCCCN1C(CCCCCCCCCCCCCCC)OCC1(CO)CO. The molecular formula is C36H73NO3. The van der Waals surface area contributed by atoms with Crippen LogP contribution in [0.1, 0.15) is 194 Å². The zero-order chi connectivity index (χ0) is 29.0. The number of rotatable bonds is 31. The van der Waals surface area contributed by atoms with Gasteiger partial charge in [0, 0.05) is 6.54 Å². The molecule has 40 heavy (non-hydrogen) atoms. The molecule has 1 unspecified atom stereocenters. The molecule has 0 saturated carbocycles. The van der Waals surface area contributed by atoms with E-state index in [1.165, 1.54) is 167 Å². The van der Waals surface area contributed by atoms with Crippen LogP contribution in [-0.4, -0.2) is 53.2 Å². The van der Waals surface area contributed by atoms with Crippen LogP contribution in [0.5, 0.6) is 0 Å². The lowest BCUT2D eigenvalue weighted by Gasteiger charge is -2.36. The van der Waals surface area contributed by atoms with E-state index in [9.17, 15) is 10.2 Å². The summed E-state index contributed by atoms with van der Waals surface area (Å²) in [5.41, 5.74) is -0.586. The zero-order valence-corrected chi connectivity index (χ0v) is 27.5. The van der Waals surface area contributed by atoms with Crippen molar-refractivity contribution in [1.82, 2.24) is 4.90 Å². The summed E-state index contributed by atoms with van der Waals surface area (Å²) in [7, 11) is 0. The Kier molecular flexibility index (Phi) is 26.2. The number of ether oxygens (including phenoxy) is 1. The highest BCUT2D eigenvalue weighted by Crippen LogP contribution is 2.31. The summed E-state index contributed by atoms with van der Waals surface area (Å²) >= 11 is 0. The van der Waals surface area contributed by atoms with E-state index in [0.29, 0.717) is 6.61 Å². The van der Waals surface area contributed by atoms with Gasteiger partial charge in [-0.3, -0.25) is 4.90 Å². The van der Waals surface area contributed by atoms with Gasteiger partial charge in [0.2, 0.25) is 0 Å². The lowest BCUT2D eigenvalue weighted by Crippen LogP contribution is -2.54. The molecule has 0 spiro atoms. The highest BCUT2D eigenvalue weighted by atomic mass is 16.5. The molecule has 0 amide bonds. The van der Waals surface area contributed by atoms with Gasteiger partial charge >= 0.3 is 0 Å². The fourth-order valence-corrected chi connectivity index (χ4v) is 6.49. The third-order valence-corrected chi connectivity index (χ3v) is 9.40. The second kappa shape index (κ2) is 27.7. The minimum absolute atomic E-state index is 0.0167. The van der Waals surface area contributed by atoms with Gasteiger partial charge in [0.15, 0.2) is 0 Å². The standard InChI is InChI=1S/C36H73NO3/c1-3-5-7-9-11-13-15-17-19-21-23-25-27-29-31-37-35(40-34-36(37,32-38)33-39)30-28-26-24-22-20-18-16-14-12-10-8-6-4-2/h35,38-39H,3-34H2,1-2H3. The third kappa shape index (κ3) is 18.4. The van der Waals surface area contributed by atoms with Crippen molar-refractivity contribution in [2.45, 2.75) is 205 Å². The number of aliphatic hydroxyl groups is 2. The Labute approximate surface area is 251 Å². The van der Waals surface area contributed by atoms with Gasteiger partial charge in [0.25, 0.3) is 0 Å². The summed E-state index contributed by atoms with van der Waals surface area (Å²) < 4.78 is 6.15. The Morgan fingerprint density at radius 3 is 1.18 bits per heavy atom. The molecule has 1 fully saturated rings. The predicted octanol–water partition coefficient (Wildman–Crippen LogP) is 10.3. The van der Waals surface area contributed by atoms with Crippen LogP contribution in [0.4, 0.5) is 0 Å². The van der Waals surface area contributed by atoms with Crippen LogP contribution >= 0.6 is 0 Å².